The van der Waals surface area contributed by atoms with Crippen LogP contribution in [-0.2, 0) is 9.59 Å². The van der Waals surface area contributed by atoms with Crippen molar-refractivity contribution < 1.29 is 9.59 Å². The third kappa shape index (κ3) is 2.67. The second-order valence-electron chi connectivity index (χ2n) is 5.68. The number of carbonyl (C=O) groups is 2. The van der Waals surface area contributed by atoms with Gasteiger partial charge in [0.1, 0.15) is 0 Å². The van der Waals surface area contributed by atoms with Crippen LogP contribution < -0.4 is 10.6 Å². The monoisotopic (exact) mass is 366 g/mol. The first kappa shape index (κ1) is 16.1. The van der Waals surface area contributed by atoms with E-state index < -0.39 is 0 Å². The smallest absolute Gasteiger partial charge is 0.258 e. The molecular weight excluding hydrogens is 352 g/mol. The Morgan fingerprint density at radius 2 is 1.20 bits per heavy atom. The van der Waals surface area contributed by atoms with E-state index in [-0.39, 0.29) is 11.8 Å². The van der Waals surface area contributed by atoms with Gasteiger partial charge in [0.2, 0.25) is 0 Å². The molecule has 0 saturated carbocycles. The lowest BCUT2D eigenvalue weighted by molar-refractivity contribution is -0.117. The molecule has 2 N–H and O–H groups in total. The standard InChI is InChI=1S/C19H14N2O2S2/c1-25-13-8-4-11(5-9-13)17-15-14(18(22)21-17)16(20-19(15)23)10-2-6-12(24)7-3-10/h2-9,24H,1H3,(H,20,23)(H,21,22). The molecule has 2 amide bonds. The molecule has 0 fully saturated rings. The van der Waals surface area contributed by atoms with E-state index in [0.717, 1.165) is 20.9 Å². The summed E-state index contributed by atoms with van der Waals surface area (Å²) in [4.78, 5) is 27.0. The molecule has 4 rings (SSSR count). The zero-order chi connectivity index (χ0) is 17.6. The number of thioether (sulfide) groups is 1. The van der Waals surface area contributed by atoms with Crippen molar-refractivity contribution in [2.24, 2.45) is 0 Å². The van der Waals surface area contributed by atoms with Gasteiger partial charge < -0.3 is 10.6 Å². The highest BCUT2D eigenvalue weighted by atomic mass is 32.2. The van der Waals surface area contributed by atoms with Crippen LogP contribution in [-0.4, -0.2) is 18.1 Å². The Morgan fingerprint density at radius 3 is 1.64 bits per heavy atom. The molecule has 2 aliphatic heterocycles. The van der Waals surface area contributed by atoms with E-state index >= 15 is 0 Å². The van der Waals surface area contributed by atoms with Crippen molar-refractivity contribution in [3.8, 4) is 0 Å². The Morgan fingerprint density at radius 1 is 0.760 bits per heavy atom. The zero-order valence-electron chi connectivity index (χ0n) is 13.3. The number of carbonyl (C=O) groups excluding carboxylic acids is 2. The van der Waals surface area contributed by atoms with Gasteiger partial charge >= 0.3 is 0 Å². The number of thiol groups is 1. The molecule has 2 aliphatic rings. The van der Waals surface area contributed by atoms with Gasteiger partial charge in [-0.05, 0) is 41.6 Å². The van der Waals surface area contributed by atoms with Gasteiger partial charge in [-0.3, -0.25) is 9.59 Å². The molecule has 2 aromatic carbocycles. The Kier molecular flexibility index (Phi) is 3.94. The summed E-state index contributed by atoms with van der Waals surface area (Å²) in [5, 5.41) is 5.69. The molecule has 2 heterocycles. The van der Waals surface area contributed by atoms with E-state index in [4.69, 9.17) is 0 Å². The van der Waals surface area contributed by atoms with Gasteiger partial charge in [0, 0.05) is 9.79 Å². The van der Waals surface area contributed by atoms with Crippen molar-refractivity contribution in [1.82, 2.24) is 10.6 Å². The molecule has 0 aliphatic carbocycles. The minimum atomic E-state index is -0.262. The second kappa shape index (κ2) is 6.13. The summed E-state index contributed by atoms with van der Waals surface area (Å²) in [6.45, 7) is 0. The van der Waals surface area contributed by atoms with Crippen LogP contribution in [0.2, 0.25) is 0 Å². The maximum Gasteiger partial charge on any atom is 0.258 e. The molecule has 0 bridgehead atoms. The van der Waals surface area contributed by atoms with Crippen LogP contribution in [0, 0.1) is 0 Å². The summed E-state index contributed by atoms with van der Waals surface area (Å²) >= 11 is 5.91. The van der Waals surface area contributed by atoms with Crippen molar-refractivity contribution in [2.45, 2.75) is 9.79 Å². The van der Waals surface area contributed by atoms with E-state index in [2.05, 4.69) is 23.3 Å². The molecule has 0 unspecified atom stereocenters. The molecular formula is C19H14N2O2S2. The summed E-state index contributed by atoms with van der Waals surface area (Å²) in [6, 6.07) is 15.1. The van der Waals surface area contributed by atoms with Crippen LogP contribution in [0.1, 0.15) is 11.1 Å². The molecule has 2 aromatic rings. The summed E-state index contributed by atoms with van der Waals surface area (Å²) < 4.78 is 0. The average Bonchev–Trinajstić information content (AvgIpc) is 3.15. The van der Waals surface area contributed by atoms with Crippen LogP contribution in [0.15, 0.2) is 69.5 Å². The van der Waals surface area contributed by atoms with Gasteiger partial charge in [-0.15, -0.1) is 24.4 Å². The fraction of sp³-hybridized carbons (Fsp3) is 0.0526. The number of hydrogen-bond acceptors (Lipinski definition) is 4. The fourth-order valence-corrected chi connectivity index (χ4v) is 3.56. The number of benzene rings is 2. The molecule has 0 saturated heterocycles. The number of amides is 2. The van der Waals surface area contributed by atoms with Crippen molar-refractivity contribution in [3.05, 3.63) is 70.8 Å². The largest absolute Gasteiger partial charge is 0.321 e. The van der Waals surface area contributed by atoms with Crippen molar-refractivity contribution in [3.63, 3.8) is 0 Å². The maximum atomic E-state index is 12.5. The Bertz CT molecular complexity index is 958. The average molecular weight is 366 g/mol. The lowest BCUT2D eigenvalue weighted by atomic mass is 10.0. The van der Waals surface area contributed by atoms with Crippen molar-refractivity contribution in [2.75, 3.05) is 6.26 Å². The maximum absolute atomic E-state index is 12.5. The Hall–Kier alpha value is -2.44. The van der Waals surface area contributed by atoms with E-state index in [0.29, 0.717) is 22.5 Å². The summed E-state index contributed by atoms with van der Waals surface area (Å²) in [7, 11) is 0. The van der Waals surface area contributed by atoms with E-state index in [1.165, 1.54) is 0 Å². The van der Waals surface area contributed by atoms with Crippen molar-refractivity contribution in [1.29, 1.82) is 0 Å². The molecule has 6 heteroatoms. The summed E-state index contributed by atoms with van der Waals surface area (Å²) in [5.74, 6) is -0.524. The second-order valence-corrected chi connectivity index (χ2v) is 7.08. The Labute approximate surface area is 154 Å². The number of rotatable bonds is 3. The molecule has 0 aromatic heterocycles. The normalized spacial score (nSPS) is 16.2. The van der Waals surface area contributed by atoms with Gasteiger partial charge in [0.25, 0.3) is 11.8 Å². The molecule has 0 atom stereocenters. The predicted octanol–water partition coefficient (Wildman–Crippen LogP) is 3.08. The highest BCUT2D eigenvalue weighted by Crippen LogP contribution is 2.37. The van der Waals surface area contributed by atoms with Gasteiger partial charge in [0.05, 0.1) is 22.5 Å². The SMILES string of the molecule is CSc1ccc(C2=C3C(=O)NC(c4ccc(S)cc4)=C3C(=O)N2)cc1. The molecule has 25 heavy (non-hydrogen) atoms. The summed E-state index contributed by atoms with van der Waals surface area (Å²) in [6.07, 6.45) is 2.00. The lowest BCUT2D eigenvalue weighted by Crippen LogP contribution is -2.21. The van der Waals surface area contributed by atoms with Crippen LogP contribution in [0.4, 0.5) is 0 Å². The zero-order valence-corrected chi connectivity index (χ0v) is 15.0. The number of nitrogens with one attached hydrogen (secondary N) is 2. The highest BCUT2D eigenvalue weighted by molar-refractivity contribution is 7.98. The molecule has 124 valence electrons. The van der Waals surface area contributed by atoms with E-state index in [1.54, 1.807) is 11.8 Å². The Balaban J connectivity index is 1.84. The first-order valence-electron chi connectivity index (χ1n) is 7.64. The van der Waals surface area contributed by atoms with Gasteiger partial charge in [0.15, 0.2) is 0 Å². The van der Waals surface area contributed by atoms with Crippen LogP contribution in [0.5, 0.6) is 0 Å². The molecule has 0 radical (unpaired) electrons. The fourth-order valence-electron chi connectivity index (χ4n) is 3.00. The number of hydrogen-bond donors (Lipinski definition) is 3. The number of fused-ring (bicyclic) bond motifs is 1. The first-order valence-corrected chi connectivity index (χ1v) is 9.31. The van der Waals surface area contributed by atoms with Crippen molar-refractivity contribution >= 4 is 47.6 Å². The lowest BCUT2D eigenvalue weighted by Gasteiger charge is -2.08. The minimum absolute atomic E-state index is 0.262. The quantitative estimate of drug-likeness (QED) is 0.578. The van der Waals surface area contributed by atoms with Gasteiger partial charge in [-0.2, -0.15) is 0 Å². The third-order valence-corrected chi connectivity index (χ3v) is 5.26. The van der Waals surface area contributed by atoms with Crippen LogP contribution in [0.3, 0.4) is 0 Å². The molecule has 0 spiro atoms. The minimum Gasteiger partial charge on any atom is -0.321 e. The van der Waals surface area contributed by atoms with Crippen LogP contribution in [0.25, 0.3) is 11.4 Å². The van der Waals surface area contributed by atoms with Gasteiger partial charge in [-0.1, -0.05) is 24.3 Å². The predicted molar refractivity (Wildman–Crippen MR) is 102 cm³/mol. The van der Waals surface area contributed by atoms with E-state index in [1.807, 2.05) is 54.8 Å². The topological polar surface area (TPSA) is 58.2 Å². The summed E-state index contributed by atoms with van der Waals surface area (Å²) in [5.41, 5.74) is 3.52. The molecule has 4 nitrogen and oxygen atoms in total. The van der Waals surface area contributed by atoms with E-state index in [9.17, 15) is 9.59 Å². The van der Waals surface area contributed by atoms with Crippen LogP contribution >= 0.6 is 24.4 Å². The van der Waals surface area contributed by atoms with Gasteiger partial charge in [-0.25, -0.2) is 0 Å². The highest BCUT2D eigenvalue weighted by Gasteiger charge is 2.40. The third-order valence-electron chi connectivity index (χ3n) is 4.22. The first-order chi connectivity index (χ1) is 12.1.